The molecule has 0 bridgehead atoms. The number of fused-ring (bicyclic) bond motifs is 4. The molecule has 8 heteroatoms. The number of piperazine rings is 1. The molecule has 0 aliphatic carbocycles. The maximum Gasteiger partial charge on any atom is 0.335 e. The standard InChI is InChI=1S/C27H23FN4O3/c28-21-13-7-8-18-16-27(24(33)29-26(35)32(25(27)34)20-11-5-2-6-12-20)22-17-30(14-15-31(22)23(18)21)19-9-3-1-4-10-19/h1-13,22H,14-17H2,(H,29,33,35)/t22-,27-/m1/s1. The Labute approximate surface area is 201 Å². The lowest BCUT2D eigenvalue weighted by Gasteiger charge is -2.55. The number of hydrogen-bond acceptors (Lipinski definition) is 5. The number of nitrogens with one attached hydrogen (secondary N) is 1. The molecule has 1 spiro atoms. The van der Waals surface area contributed by atoms with Gasteiger partial charge in [-0.1, -0.05) is 48.5 Å². The molecule has 3 aromatic carbocycles. The zero-order valence-corrected chi connectivity index (χ0v) is 18.9. The maximum atomic E-state index is 15.1. The molecular formula is C27H23FN4O3. The molecule has 35 heavy (non-hydrogen) atoms. The SMILES string of the molecule is O=C1NC(=O)[C@]2(Cc3cccc(F)c3N3CCN(c4ccccc4)C[C@@H]32)C(=O)N1c1ccccc1. The Balaban J connectivity index is 1.51. The van der Waals surface area contributed by atoms with Crippen molar-refractivity contribution in [3.8, 4) is 0 Å². The van der Waals surface area contributed by atoms with E-state index in [0.29, 0.717) is 36.6 Å². The predicted octanol–water partition coefficient (Wildman–Crippen LogP) is 3.35. The largest absolute Gasteiger partial charge is 0.368 e. The van der Waals surface area contributed by atoms with Gasteiger partial charge in [0, 0.05) is 31.7 Å². The Bertz CT molecular complexity index is 1330. The van der Waals surface area contributed by atoms with Crippen LogP contribution in [-0.2, 0) is 16.0 Å². The molecule has 1 N–H and O–H groups in total. The summed E-state index contributed by atoms with van der Waals surface area (Å²) in [5, 5.41) is 2.44. The van der Waals surface area contributed by atoms with Crippen LogP contribution in [-0.4, -0.2) is 43.5 Å². The number of benzene rings is 3. The Morgan fingerprint density at radius 3 is 2.23 bits per heavy atom. The van der Waals surface area contributed by atoms with Crippen LogP contribution < -0.4 is 20.0 Å². The summed E-state index contributed by atoms with van der Waals surface area (Å²) in [7, 11) is 0. The van der Waals surface area contributed by atoms with Crippen LogP contribution in [0.4, 0.5) is 26.2 Å². The highest BCUT2D eigenvalue weighted by Crippen LogP contribution is 2.47. The first-order valence-electron chi connectivity index (χ1n) is 11.6. The van der Waals surface area contributed by atoms with Crippen molar-refractivity contribution in [2.45, 2.75) is 12.5 Å². The zero-order chi connectivity index (χ0) is 24.2. The predicted molar refractivity (Wildman–Crippen MR) is 130 cm³/mol. The molecule has 2 fully saturated rings. The first-order valence-corrected chi connectivity index (χ1v) is 11.6. The maximum absolute atomic E-state index is 15.1. The normalized spacial score (nSPS) is 23.7. The average Bonchev–Trinajstić information content (AvgIpc) is 2.88. The van der Waals surface area contributed by atoms with Crippen molar-refractivity contribution >= 4 is 34.9 Å². The number of para-hydroxylation sites is 3. The summed E-state index contributed by atoms with van der Waals surface area (Å²) in [6, 6.07) is 21.6. The average molecular weight is 471 g/mol. The topological polar surface area (TPSA) is 73.0 Å². The summed E-state index contributed by atoms with van der Waals surface area (Å²) in [4.78, 5) is 45.7. The lowest BCUT2D eigenvalue weighted by molar-refractivity contribution is -0.144. The molecule has 0 saturated carbocycles. The Morgan fingerprint density at radius 2 is 1.51 bits per heavy atom. The molecule has 4 amide bonds. The molecule has 3 aliphatic rings. The molecule has 0 unspecified atom stereocenters. The van der Waals surface area contributed by atoms with Crippen LogP contribution in [0.1, 0.15) is 5.56 Å². The minimum absolute atomic E-state index is 0.00513. The highest BCUT2D eigenvalue weighted by molar-refractivity contribution is 6.30. The number of carbonyl (C=O) groups is 3. The van der Waals surface area contributed by atoms with E-state index in [-0.39, 0.29) is 12.2 Å². The Morgan fingerprint density at radius 1 is 0.829 bits per heavy atom. The quantitative estimate of drug-likeness (QED) is 0.582. The number of urea groups is 1. The number of nitrogens with zero attached hydrogens (tertiary/aromatic N) is 3. The van der Waals surface area contributed by atoms with Gasteiger partial charge in [-0.05, 0) is 35.9 Å². The summed E-state index contributed by atoms with van der Waals surface area (Å²) in [6.45, 7) is 1.35. The number of carbonyl (C=O) groups excluding carboxylic acids is 3. The van der Waals surface area contributed by atoms with Crippen molar-refractivity contribution in [1.29, 1.82) is 0 Å². The van der Waals surface area contributed by atoms with Crippen molar-refractivity contribution in [1.82, 2.24) is 5.32 Å². The molecule has 7 nitrogen and oxygen atoms in total. The third-order valence-electron chi connectivity index (χ3n) is 7.33. The molecule has 176 valence electrons. The van der Waals surface area contributed by atoms with E-state index in [2.05, 4.69) is 10.2 Å². The number of anilines is 3. The van der Waals surface area contributed by atoms with E-state index >= 15 is 4.39 Å². The van der Waals surface area contributed by atoms with E-state index in [1.807, 2.05) is 35.2 Å². The van der Waals surface area contributed by atoms with Gasteiger partial charge in [-0.15, -0.1) is 0 Å². The van der Waals surface area contributed by atoms with Gasteiger partial charge >= 0.3 is 6.03 Å². The van der Waals surface area contributed by atoms with Crippen LogP contribution in [0.15, 0.2) is 78.9 Å². The smallest absolute Gasteiger partial charge is 0.335 e. The van der Waals surface area contributed by atoms with Crippen molar-refractivity contribution in [2.24, 2.45) is 5.41 Å². The Kier molecular flexibility index (Phi) is 4.84. The molecule has 3 aliphatic heterocycles. The van der Waals surface area contributed by atoms with E-state index < -0.39 is 29.3 Å². The van der Waals surface area contributed by atoms with Gasteiger partial charge < -0.3 is 9.80 Å². The van der Waals surface area contributed by atoms with Crippen molar-refractivity contribution in [2.75, 3.05) is 34.3 Å². The second kappa shape index (κ2) is 7.94. The molecule has 2 atom stereocenters. The van der Waals surface area contributed by atoms with Gasteiger partial charge in [0.1, 0.15) is 5.82 Å². The first kappa shape index (κ1) is 21.3. The fraction of sp³-hybridized carbons (Fsp3) is 0.222. The third kappa shape index (κ3) is 3.13. The second-order valence-corrected chi connectivity index (χ2v) is 9.12. The number of rotatable bonds is 2. The highest BCUT2D eigenvalue weighted by Gasteiger charge is 2.63. The van der Waals surface area contributed by atoms with Gasteiger partial charge in [-0.2, -0.15) is 0 Å². The van der Waals surface area contributed by atoms with E-state index in [9.17, 15) is 14.4 Å². The highest BCUT2D eigenvalue weighted by atomic mass is 19.1. The van der Waals surface area contributed by atoms with Crippen LogP contribution in [0.3, 0.4) is 0 Å². The fourth-order valence-corrected chi connectivity index (χ4v) is 5.70. The molecule has 0 aromatic heterocycles. The van der Waals surface area contributed by atoms with Gasteiger partial charge in [0.05, 0.1) is 17.4 Å². The van der Waals surface area contributed by atoms with Gasteiger partial charge in [-0.3, -0.25) is 14.9 Å². The molecule has 3 aromatic rings. The van der Waals surface area contributed by atoms with Gasteiger partial charge in [0.15, 0.2) is 5.41 Å². The summed E-state index contributed by atoms with van der Waals surface area (Å²) in [5.74, 6) is -1.60. The lowest BCUT2D eigenvalue weighted by atomic mass is 9.67. The van der Waals surface area contributed by atoms with Crippen molar-refractivity contribution < 1.29 is 18.8 Å². The van der Waals surface area contributed by atoms with E-state index in [4.69, 9.17) is 0 Å². The van der Waals surface area contributed by atoms with Crippen LogP contribution in [0.25, 0.3) is 0 Å². The number of barbiturate groups is 1. The summed E-state index contributed by atoms with van der Waals surface area (Å²) in [5.41, 5.74) is 0.758. The number of hydrogen-bond donors (Lipinski definition) is 1. The van der Waals surface area contributed by atoms with E-state index in [1.165, 1.54) is 6.07 Å². The van der Waals surface area contributed by atoms with Gasteiger partial charge in [0.2, 0.25) is 5.91 Å². The minimum atomic E-state index is -1.60. The van der Waals surface area contributed by atoms with Crippen LogP contribution in [0, 0.1) is 11.2 Å². The number of amides is 4. The fourth-order valence-electron chi connectivity index (χ4n) is 5.70. The molecule has 0 radical (unpaired) electrons. The third-order valence-corrected chi connectivity index (χ3v) is 7.33. The number of halogens is 1. The molecular weight excluding hydrogens is 447 g/mol. The van der Waals surface area contributed by atoms with E-state index in [1.54, 1.807) is 42.5 Å². The summed E-state index contributed by atoms with van der Waals surface area (Å²) >= 11 is 0. The first-order chi connectivity index (χ1) is 17.0. The molecule has 3 heterocycles. The van der Waals surface area contributed by atoms with Gasteiger partial charge in [0.25, 0.3) is 5.91 Å². The van der Waals surface area contributed by atoms with E-state index in [0.717, 1.165) is 10.6 Å². The van der Waals surface area contributed by atoms with Crippen LogP contribution in [0.5, 0.6) is 0 Å². The van der Waals surface area contributed by atoms with Crippen molar-refractivity contribution in [3.63, 3.8) is 0 Å². The minimum Gasteiger partial charge on any atom is -0.368 e. The number of imide groups is 2. The molecule has 2 saturated heterocycles. The van der Waals surface area contributed by atoms with Gasteiger partial charge in [-0.25, -0.2) is 14.1 Å². The summed E-state index contributed by atoms with van der Waals surface area (Å²) < 4.78 is 15.1. The molecule has 6 rings (SSSR count). The zero-order valence-electron chi connectivity index (χ0n) is 18.9. The second-order valence-electron chi connectivity index (χ2n) is 9.12. The Hall–Kier alpha value is -4.20. The monoisotopic (exact) mass is 470 g/mol. The lowest BCUT2D eigenvalue weighted by Crippen LogP contribution is -2.75. The van der Waals surface area contributed by atoms with Crippen molar-refractivity contribution in [3.05, 3.63) is 90.2 Å². The van der Waals surface area contributed by atoms with Crippen LogP contribution >= 0.6 is 0 Å². The van der Waals surface area contributed by atoms with Crippen LogP contribution in [0.2, 0.25) is 0 Å². The summed E-state index contributed by atoms with van der Waals surface area (Å²) in [6.07, 6.45) is 0.00513.